The predicted octanol–water partition coefficient (Wildman–Crippen LogP) is 0.757. The van der Waals surface area contributed by atoms with Crippen molar-refractivity contribution in [3.8, 4) is 0 Å². The predicted molar refractivity (Wildman–Crippen MR) is 81.3 cm³/mol. The van der Waals surface area contributed by atoms with Crippen molar-refractivity contribution in [2.45, 2.75) is 13.3 Å². The zero-order valence-corrected chi connectivity index (χ0v) is 12.4. The lowest BCUT2D eigenvalue weighted by Gasteiger charge is -2.12. The molecule has 2 rings (SSSR count). The Bertz CT molecular complexity index is 581. The Morgan fingerprint density at radius 2 is 2.10 bits per heavy atom. The van der Waals surface area contributed by atoms with Crippen LogP contribution in [0.4, 0.5) is 5.69 Å². The quantitative estimate of drug-likeness (QED) is 0.634. The number of hydrogen-bond acceptors (Lipinski definition) is 3. The van der Waals surface area contributed by atoms with E-state index in [0.29, 0.717) is 32.0 Å². The van der Waals surface area contributed by atoms with Gasteiger partial charge in [-0.2, -0.15) is 0 Å². The molecule has 0 bridgehead atoms. The molecule has 0 atom stereocenters. The number of nitrogens with one attached hydrogen (secondary N) is 1. The Hall–Kier alpha value is -1.60. The Morgan fingerprint density at radius 3 is 2.70 bits per heavy atom. The summed E-state index contributed by atoms with van der Waals surface area (Å²) in [5, 5.41) is 2.98. The number of sulfonamides is 1. The van der Waals surface area contributed by atoms with Gasteiger partial charge in [-0.1, -0.05) is 17.7 Å². The van der Waals surface area contributed by atoms with E-state index in [1.807, 2.05) is 31.2 Å². The van der Waals surface area contributed by atoms with E-state index in [1.165, 1.54) is 9.87 Å². The van der Waals surface area contributed by atoms with Crippen molar-refractivity contribution in [3.63, 3.8) is 0 Å². The molecule has 0 amide bonds. The minimum Gasteiger partial charge on any atom is -0.370 e. The van der Waals surface area contributed by atoms with Gasteiger partial charge in [-0.05, 0) is 25.5 Å². The second-order valence-corrected chi connectivity index (χ2v) is 6.92. The number of aliphatic imine (C=N–C) groups is 1. The number of benzene rings is 1. The summed E-state index contributed by atoms with van der Waals surface area (Å²) in [6.45, 7) is 3.35. The first-order valence-electron chi connectivity index (χ1n) is 6.59. The molecule has 0 saturated carbocycles. The third-order valence-electron chi connectivity index (χ3n) is 3.16. The number of nitrogens with zero attached hydrogens (tertiary/aromatic N) is 2. The SMILES string of the molecule is Cc1ccc(NC(N)=NCCN2CCCS2(=O)=O)cc1. The van der Waals surface area contributed by atoms with E-state index in [9.17, 15) is 8.42 Å². The molecule has 1 fully saturated rings. The van der Waals surface area contributed by atoms with Crippen LogP contribution in [-0.4, -0.2) is 44.1 Å². The molecule has 1 aliphatic rings. The number of hydrogen-bond donors (Lipinski definition) is 2. The molecular formula is C13H20N4O2S. The van der Waals surface area contributed by atoms with E-state index < -0.39 is 10.0 Å². The van der Waals surface area contributed by atoms with Crippen LogP contribution in [0.1, 0.15) is 12.0 Å². The van der Waals surface area contributed by atoms with Crippen LogP contribution in [0.3, 0.4) is 0 Å². The molecule has 1 aromatic carbocycles. The molecule has 1 aromatic rings. The molecule has 1 saturated heterocycles. The summed E-state index contributed by atoms with van der Waals surface area (Å²) >= 11 is 0. The number of rotatable bonds is 4. The standard InChI is InChI=1S/C13H20N4O2S/c1-11-3-5-12(6-4-11)16-13(14)15-7-9-17-8-2-10-20(17,18)19/h3-6H,2,7-10H2,1H3,(H3,14,15,16). The van der Waals surface area contributed by atoms with Crippen molar-refractivity contribution in [1.29, 1.82) is 0 Å². The summed E-state index contributed by atoms with van der Waals surface area (Å²) in [5.41, 5.74) is 7.80. The van der Waals surface area contributed by atoms with Gasteiger partial charge in [0.15, 0.2) is 5.96 Å². The topological polar surface area (TPSA) is 87.8 Å². The van der Waals surface area contributed by atoms with Gasteiger partial charge in [0.1, 0.15) is 0 Å². The minimum atomic E-state index is -3.05. The van der Waals surface area contributed by atoms with Crippen LogP contribution in [0.2, 0.25) is 0 Å². The summed E-state index contributed by atoms with van der Waals surface area (Å²) in [6, 6.07) is 7.80. The van der Waals surface area contributed by atoms with Crippen LogP contribution in [0.25, 0.3) is 0 Å². The summed E-state index contributed by atoms with van der Waals surface area (Å²) in [5.74, 6) is 0.541. The molecule has 6 nitrogen and oxygen atoms in total. The highest BCUT2D eigenvalue weighted by Gasteiger charge is 2.27. The van der Waals surface area contributed by atoms with Crippen LogP contribution in [0, 0.1) is 6.92 Å². The number of aryl methyl sites for hydroxylation is 1. The molecule has 20 heavy (non-hydrogen) atoms. The van der Waals surface area contributed by atoms with Crippen LogP contribution in [0.15, 0.2) is 29.3 Å². The third kappa shape index (κ3) is 3.94. The van der Waals surface area contributed by atoms with Gasteiger partial charge >= 0.3 is 0 Å². The molecule has 0 radical (unpaired) electrons. The smallest absolute Gasteiger partial charge is 0.214 e. The largest absolute Gasteiger partial charge is 0.370 e. The van der Waals surface area contributed by atoms with E-state index >= 15 is 0 Å². The Labute approximate surface area is 119 Å². The van der Waals surface area contributed by atoms with Gasteiger partial charge in [-0.25, -0.2) is 12.7 Å². The van der Waals surface area contributed by atoms with E-state index in [2.05, 4.69) is 10.3 Å². The molecule has 0 unspecified atom stereocenters. The maximum absolute atomic E-state index is 11.6. The molecule has 7 heteroatoms. The lowest BCUT2D eigenvalue weighted by Crippen LogP contribution is -2.30. The number of guanidine groups is 1. The van der Waals surface area contributed by atoms with Crippen LogP contribution >= 0.6 is 0 Å². The normalized spacial score (nSPS) is 19.1. The summed E-state index contributed by atoms with van der Waals surface area (Å²) in [4.78, 5) is 4.15. The molecule has 0 spiro atoms. The fraction of sp³-hybridized carbons (Fsp3) is 0.462. The number of anilines is 1. The molecular weight excluding hydrogens is 276 g/mol. The summed E-state index contributed by atoms with van der Waals surface area (Å²) in [6.07, 6.45) is 0.698. The first-order chi connectivity index (χ1) is 9.47. The zero-order chi connectivity index (χ0) is 14.6. The molecule has 0 aromatic heterocycles. The fourth-order valence-corrected chi connectivity index (χ4v) is 3.57. The fourth-order valence-electron chi connectivity index (χ4n) is 2.05. The highest BCUT2D eigenvalue weighted by Crippen LogP contribution is 2.12. The lowest BCUT2D eigenvalue weighted by molar-refractivity contribution is 0.452. The van der Waals surface area contributed by atoms with Crippen molar-refractivity contribution < 1.29 is 8.42 Å². The summed E-state index contributed by atoms with van der Waals surface area (Å²) < 4.78 is 24.6. The average molecular weight is 296 g/mol. The Kier molecular flexibility index (Phi) is 4.61. The highest BCUT2D eigenvalue weighted by atomic mass is 32.2. The van der Waals surface area contributed by atoms with Crippen molar-refractivity contribution in [2.24, 2.45) is 10.7 Å². The molecule has 1 heterocycles. The zero-order valence-electron chi connectivity index (χ0n) is 11.5. The van der Waals surface area contributed by atoms with Crippen molar-refractivity contribution in [3.05, 3.63) is 29.8 Å². The van der Waals surface area contributed by atoms with E-state index in [4.69, 9.17) is 5.73 Å². The van der Waals surface area contributed by atoms with Gasteiger partial charge in [0.2, 0.25) is 10.0 Å². The Balaban J connectivity index is 1.84. The second-order valence-electron chi connectivity index (χ2n) is 4.83. The van der Waals surface area contributed by atoms with Gasteiger partial charge in [0.05, 0.1) is 12.3 Å². The molecule has 1 aliphatic heterocycles. The average Bonchev–Trinajstić information content (AvgIpc) is 2.72. The van der Waals surface area contributed by atoms with E-state index in [-0.39, 0.29) is 5.75 Å². The molecule has 0 aliphatic carbocycles. The number of nitrogens with two attached hydrogens (primary N) is 1. The van der Waals surface area contributed by atoms with Crippen LogP contribution < -0.4 is 11.1 Å². The highest BCUT2D eigenvalue weighted by molar-refractivity contribution is 7.89. The van der Waals surface area contributed by atoms with E-state index in [1.54, 1.807) is 0 Å². The first kappa shape index (κ1) is 14.8. The van der Waals surface area contributed by atoms with Crippen LogP contribution in [-0.2, 0) is 10.0 Å². The van der Waals surface area contributed by atoms with Crippen molar-refractivity contribution in [1.82, 2.24) is 4.31 Å². The monoisotopic (exact) mass is 296 g/mol. The minimum absolute atomic E-state index is 0.244. The van der Waals surface area contributed by atoms with Gasteiger partial charge < -0.3 is 11.1 Å². The van der Waals surface area contributed by atoms with Crippen LogP contribution in [0.5, 0.6) is 0 Å². The summed E-state index contributed by atoms with van der Waals surface area (Å²) in [7, 11) is -3.05. The van der Waals surface area contributed by atoms with Crippen molar-refractivity contribution in [2.75, 3.05) is 30.7 Å². The second kappa shape index (κ2) is 6.23. The lowest BCUT2D eigenvalue weighted by atomic mass is 10.2. The molecule has 3 N–H and O–H groups in total. The van der Waals surface area contributed by atoms with Crippen molar-refractivity contribution >= 4 is 21.7 Å². The maximum Gasteiger partial charge on any atom is 0.214 e. The maximum atomic E-state index is 11.6. The van der Waals surface area contributed by atoms with Gasteiger partial charge in [-0.15, -0.1) is 0 Å². The Morgan fingerprint density at radius 1 is 1.40 bits per heavy atom. The van der Waals surface area contributed by atoms with E-state index in [0.717, 1.165) is 5.69 Å². The van der Waals surface area contributed by atoms with Gasteiger partial charge in [0.25, 0.3) is 0 Å². The van der Waals surface area contributed by atoms with Gasteiger partial charge in [-0.3, -0.25) is 4.99 Å². The van der Waals surface area contributed by atoms with Gasteiger partial charge in [0, 0.05) is 18.8 Å². The first-order valence-corrected chi connectivity index (χ1v) is 8.20. The third-order valence-corrected chi connectivity index (χ3v) is 5.12. The molecule has 110 valence electrons.